The summed E-state index contributed by atoms with van der Waals surface area (Å²) >= 11 is 0. The Morgan fingerprint density at radius 1 is 1.47 bits per heavy atom. The molecule has 19 heavy (non-hydrogen) atoms. The first-order valence-electron chi connectivity index (χ1n) is 5.00. The van der Waals surface area contributed by atoms with Gasteiger partial charge in [0.15, 0.2) is 5.69 Å². The van der Waals surface area contributed by atoms with Gasteiger partial charge in [-0.3, -0.25) is 0 Å². The number of aromatic carboxylic acids is 1. The predicted octanol–water partition coefficient (Wildman–Crippen LogP) is 1.41. The molecule has 9 heteroatoms. The molecule has 0 fully saturated rings. The van der Waals surface area contributed by atoms with Gasteiger partial charge in [-0.05, 0) is 6.07 Å². The van der Waals surface area contributed by atoms with E-state index in [1.165, 1.54) is 7.11 Å². The molecule has 3 N–H and O–H groups in total. The number of nitrogen functional groups attached to an aromatic ring is 1. The van der Waals surface area contributed by atoms with Crippen LogP contribution in [-0.4, -0.2) is 36.4 Å². The zero-order chi connectivity index (χ0) is 14.6. The molecule has 0 spiro atoms. The maximum atomic E-state index is 12.7. The van der Waals surface area contributed by atoms with E-state index in [4.69, 9.17) is 15.6 Å². The van der Waals surface area contributed by atoms with E-state index in [2.05, 4.69) is 9.72 Å². The van der Waals surface area contributed by atoms with E-state index in [0.717, 1.165) is 0 Å². The van der Waals surface area contributed by atoms with Crippen molar-refractivity contribution in [2.45, 2.75) is 6.18 Å². The lowest BCUT2D eigenvalue weighted by Crippen LogP contribution is -2.16. The van der Waals surface area contributed by atoms with E-state index in [1.807, 2.05) is 0 Å². The zero-order valence-corrected chi connectivity index (χ0v) is 9.82. The van der Waals surface area contributed by atoms with Crippen molar-refractivity contribution in [2.75, 3.05) is 26.1 Å². The van der Waals surface area contributed by atoms with Crippen molar-refractivity contribution >= 4 is 11.7 Å². The molecule has 0 aliphatic heterocycles. The quantitative estimate of drug-likeness (QED) is 0.792. The molecular weight excluding hydrogens is 269 g/mol. The molecule has 0 amide bonds. The maximum Gasteiger partial charge on any atom is 0.421 e. The molecule has 0 saturated heterocycles. The van der Waals surface area contributed by atoms with E-state index < -0.39 is 35.0 Å². The molecule has 0 unspecified atom stereocenters. The third-order valence-corrected chi connectivity index (χ3v) is 2.05. The number of carbonyl (C=O) groups is 1. The summed E-state index contributed by atoms with van der Waals surface area (Å²) in [5, 5.41) is 8.75. The van der Waals surface area contributed by atoms with Crippen LogP contribution in [0, 0.1) is 0 Å². The lowest BCUT2D eigenvalue weighted by Gasteiger charge is -2.14. The molecule has 1 heterocycles. The monoisotopic (exact) mass is 280 g/mol. The van der Waals surface area contributed by atoms with Crippen LogP contribution in [0.5, 0.6) is 5.88 Å². The second-order valence-corrected chi connectivity index (χ2v) is 3.42. The molecule has 1 aromatic rings. The zero-order valence-electron chi connectivity index (χ0n) is 9.82. The summed E-state index contributed by atoms with van der Waals surface area (Å²) in [6.45, 7) is -0.165. The van der Waals surface area contributed by atoms with Crippen LogP contribution < -0.4 is 10.5 Å². The average molecular weight is 280 g/mol. The van der Waals surface area contributed by atoms with Gasteiger partial charge in [0.1, 0.15) is 12.2 Å². The molecule has 0 radical (unpaired) electrons. The first-order valence-corrected chi connectivity index (χ1v) is 5.00. The maximum absolute atomic E-state index is 12.7. The standard InChI is InChI=1S/C10H11F3N2O4/c1-18-2-3-19-8-5(10(11,12)13)4-6(14)7(15-8)9(16)17/h4H,2-3,14H2,1H3,(H,16,17). The number of hydrogen-bond acceptors (Lipinski definition) is 5. The Balaban J connectivity index is 3.21. The van der Waals surface area contributed by atoms with Gasteiger partial charge in [-0.25, -0.2) is 9.78 Å². The van der Waals surface area contributed by atoms with Crippen molar-refractivity contribution in [1.82, 2.24) is 4.98 Å². The topological polar surface area (TPSA) is 94.7 Å². The second kappa shape index (κ2) is 5.74. The van der Waals surface area contributed by atoms with Crippen molar-refractivity contribution in [2.24, 2.45) is 0 Å². The second-order valence-electron chi connectivity index (χ2n) is 3.42. The summed E-state index contributed by atoms with van der Waals surface area (Å²) in [6, 6.07) is 0.485. The van der Waals surface area contributed by atoms with Gasteiger partial charge < -0.3 is 20.3 Å². The Morgan fingerprint density at radius 2 is 2.11 bits per heavy atom. The van der Waals surface area contributed by atoms with Crippen molar-refractivity contribution in [3.05, 3.63) is 17.3 Å². The predicted molar refractivity (Wildman–Crippen MR) is 58.0 cm³/mol. The molecule has 0 aromatic carbocycles. The largest absolute Gasteiger partial charge is 0.476 e. The van der Waals surface area contributed by atoms with Crippen molar-refractivity contribution in [3.63, 3.8) is 0 Å². The number of carboxylic acid groups (broad SMARTS) is 1. The average Bonchev–Trinajstić information content (AvgIpc) is 2.29. The van der Waals surface area contributed by atoms with Crippen LogP contribution in [0.15, 0.2) is 6.07 Å². The van der Waals surface area contributed by atoms with Gasteiger partial charge in [-0.2, -0.15) is 13.2 Å². The van der Waals surface area contributed by atoms with Gasteiger partial charge >= 0.3 is 12.1 Å². The van der Waals surface area contributed by atoms with Crippen LogP contribution in [0.3, 0.4) is 0 Å². The number of nitrogens with zero attached hydrogens (tertiary/aromatic N) is 1. The minimum atomic E-state index is -4.75. The molecule has 0 aliphatic rings. The van der Waals surface area contributed by atoms with Crippen LogP contribution in [-0.2, 0) is 10.9 Å². The van der Waals surface area contributed by atoms with Crippen molar-refractivity contribution < 1.29 is 32.5 Å². The number of rotatable bonds is 5. The molecule has 0 atom stereocenters. The van der Waals surface area contributed by atoms with Gasteiger partial charge in [0.2, 0.25) is 5.88 Å². The Morgan fingerprint density at radius 3 is 2.58 bits per heavy atom. The van der Waals surface area contributed by atoms with E-state index in [0.29, 0.717) is 6.07 Å². The Hall–Kier alpha value is -2.03. The highest BCUT2D eigenvalue weighted by atomic mass is 19.4. The van der Waals surface area contributed by atoms with Crippen LogP contribution in [0.1, 0.15) is 16.1 Å². The number of alkyl halides is 3. The van der Waals surface area contributed by atoms with Gasteiger partial charge in [-0.1, -0.05) is 0 Å². The highest BCUT2D eigenvalue weighted by Gasteiger charge is 2.37. The normalized spacial score (nSPS) is 11.4. The SMILES string of the molecule is COCCOc1nc(C(=O)O)c(N)cc1C(F)(F)F. The third-order valence-electron chi connectivity index (χ3n) is 2.05. The summed E-state index contributed by atoms with van der Waals surface area (Å²) in [5.74, 6) is -2.38. The van der Waals surface area contributed by atoms with Gasteiger partial charge in [0.25, 0.3) is 0 Å². The lowest BCUT2D eigenvalue weighted by molar-refractivity contribution is -0.139. The highest BCUT2D eigenvalue weighted by Crippen LogP contribution is 2.37. The number of aromatic nitrogens is 1. The third kappa shape index (κ3) is 3.71. The number of anilines is 1. The molecule has 6 nitrogen and oxygen atoms in total. The molecule has 0 bridgehead atoms. The van der Waals surface area contributed by atoms with Crippen LogP contribution >= 0.6 is 0 Å². The number of halogens is 3. The molecule has 1 aromatic heterocycles. The van der Waals surface area contributed by atoms with Crippen LogP contribution in [0.2, 0.25) is 0 Å². The molecule has 1 rings (SSSR count). The fraction of sp³-hybridized carbons (Fsp3) is 0.400. The fourth-order valence-electron chi connectivity index (χ4n) is 1.22. The van der Waals surface area contributed by atoms with Crippen molar-refractivity contribution in [1.29, 1.82) is 0 Å². The van der Waals surface area contributed by atoms with Crippen LogP contribution in [0.4, 0.5) is 18.9 Å². The molecule has 0 aliphatic carbocycles. The van der Waals surface area contributed by atoms with E-state index in [9.17, 15) is 18.0 Å². The number of nitrogens with two attached hydrogens (primary N) is 1. The number of carboxylic acids is 1. The smallest absolute Gasteiger partial charge is 0.421 e. The van der Waals surface area contributed by atoms with Gasteiger partial charge in [-0.15, -0.1) is 0 Å². The molecule has 0 saturated carbocycles. The summed E-state index contributed by atoms with van der Waals surface area (Å²) in [4.78, 5) is 14.0. The van der Waals surface area contributed by atoms with Crippen LogP contribution in [0.25, 0.3) is 0 Å². The number of pyridine rings is 1. The minimum Gasteiger partial charge on any atom is -0.476 e. The molecular formula is C10H11F3N2O4. The number of hydrogen-bond donors (Lipinski definition) is 2. The Labute approximate surface area is 105 Å². The summed E-state index contributed by atoms with van der Waals surface area (Å²) in [6.07, 6.45) is -4.75. The van der Waals surface area contributed by atoms with Crippen molar-refractivity contribution in [3.8, 4) is 5.88 Å². The lowest BCUT2D eigenvalue weighted by atomic mass is 10.2. The Bertz CT molecular complexity index is 477. The van der Waals surface area contributed by atoms with Gasteiger partial charge in [0.05, 0.1) is 12.3 Å². The summed E-state index contributed by atoms with van der Waals surface area (Å²) in [5.41, 5.74) is 2.71. The van der Waals surface area contributed by atoms with E-state index in [1.54, 1.807) is 0 Å². The van der Waals surface area contributed by atoms with E-state index in [-0.39, 0.29) is 13.2 Å². The minimum absolute atomic E-state index is 0.0335. The molecule has 106 valence electrons. The van der Waals surface area contributed by atoms with Gasteiger partial charge in [0, 0.05) is 7.11 Å². The van der Waals surface area contributed by atoms with E-state index >= 15 is 0 Å². The Kier molecular flexibility index (Phi) is 4.54. The fourth-order valence-corrected chi connectivity index (χ4v) is 1.22. The first-order chi connectivity index (χ1) is 8.77. The number of methoxy groups -OCH3 is 1. The highest BCUT2D eigenvalue weighted by molar-refractivity contribution is 5.91. The summed E-state index contributed by atoms with van der Waals surface area (Å²) in [7, 11) is 1.34. The first kappa shape index (κ1) is 15.0. The summed E-state index contributed by atoms with van der Waals surface area (Å²) < 4.78 is 47.5. The number of ether oxygens (including phenoxy) is 2.